The molecule has 136 valence electrons. The Morgan fingerprint density at radius 3 is 2.30 bits per heavy atom. The maximum Gasteiger partial charge on any atom is 0.255 e. The van der Waals surface area contributed by atoms with Gasteiger partial charge in [-0.3, -0.25) is 14.4 Å². The molecule has 1 fully saturated rings. The van der Waals surface area contributed by atoms with Crippen molar-refractivity contribution in [2.24, 2.45) is 0 Å². The van der Waals surface area contributed by atoms with Gasteiger partial charge >= 0.3 is 0 Å². The van der Waals surface area contributed by atoms with Gasteiger partial charge in [-0.25, -0.2) is 0 Å². The van der Waals surface area contributed by atoms with Crippen LogP contribution in [-0.4, -0.2) is 54.2 Å². The Kier molecular flexibility index (Phi) is 5.47. The average molecular weight is 362 g/mol. The van der Waals surface area contributed by atoms with E-state index in [1.807, 2.05) is 6.07 Å². The van der Waals surface area contributed by atoms with Crippen molar-refractivity contribution in [3.05, 3.63) is 65.2 Å². The number of hydrogen-bond donors (Lipinski definition) is 1. The highest BCUT2D eigenvalue weighted by molar-refractivity contribution is 6.05. The number of piperazine rings is 1. The molecule has 0 aromatic heterocycles. The molecule has 0 spiro atoms. The first kappa shape index (κ1) is 18.1. The van der Waals surface area contributed by atoms with E-state index in [2.05, 4.69) is 5.32 Å². The second-order valence-corrected chi connectivity index (χ2v) is 6.16. The van der Waals surface area contributed by atoms with Crippen molar-refractivity contribution < 1.29 is 14.4 Å². The second-order valence-electron chi connectivity index (χ2n) is 6.16. The molecule has 1 N–H and O–H groups in total. The number of anilines is 1. The zero-order valence-corrected chi connectivity index (χ0v) is 14.6. The van der Waals surface area contributed by atoms with Crippen LogP contribution in [0.15, 0.2) is 48.5 Å². The van der Waals surface area contributed by atoms with E-state index in [1.54, 1.807) is 58.3 Å². The summed E-state index contributed by atoms with van der Waals surface area (Å²) in [4.78, 5) is 38.9. The van der Waals surface area contributed by atoms with E-state index in [-0.39, 0.29) is 11.8 Å². The van der Waals surface area contributed by atoms with Gasteiger partial charge in [0.05, 0.1) is 11.6 Å². The fourth-order valence-corrected chi connectivity index (χ4v) is 2.85. The Bertz CT molecular complexity index is 894. The third-order valence-electron chi connectivity index (χ3n) is 4.39. The Balaban J connectivity index is 1.64. The maximum absolute atomic E-state index is 12.5. The van der Waals surface area contributed by atoms with E-state index < -0.39 is 0 Å². The van der Waals surface area contributed by atoms with Crippen LogP contribution in [-0.2, 0) is 4.79 Å². The van der Waals surface area contributed by atoms with Crippen molar-refractivity contribution in [1.82, 2.24) is 9.80 Å². The van der Waals surface area contributed by atoms with Crippen LogP contribution >= 0.6 is 0 Å². The average Bonchev–Trinajstić information content (AvgIpc) is 2.73. The van der Waals surface area contributed by atoms with Gasteiger partial charge in [0.1, 0.15) is 0 Å². The van der Waals surface area contributed by atoms with Crippen LogP contribution in [0.4, 0.5) is 5.69 Å². The number of nitrogens with zero attached hydrogens (tertiary/aromatic N) is 3. The molecule has 0 unspecified atom stereocenters. The van der Waals surface area contributed by atoms with Gasteiger partial charge in [-0.05, 0) is 42.5 Å². The summed E-state index contributed by atoms with van der Waals surface area (Å²) in [6.45, 7) is 2.04. The zero-order chi connectivity index (χ0) is 19.2. The zero-order valence-electron chi connectivity index (χ0n) is 14.6. The third-order valence-corrected chi connectivity index (χ3v) is 4.39. The van der Waals surface area contributed by atoms with E-state index >= 15 is 0 Å². The molecular formula is C20H18N4O3. The standard InChI is InChI=1S/C20H18N4O3/c21-13-15-2-1-3-18(12-15)22-19(26)16-4-6-17(7-5-16)20(27)24-10-8-23(14-25)9-11-24/h1-7,12,14H,8-11H2,(H,22,26). The maximum atomic E-state index is 12.5. The normalized spacial score (nSPS) is 13.6. The second kappa shape index (κ2) is 8.15. The molecule has 0 radical (unpaired) electrons. The van der Waals surface area contributed by atoms with E-state index in [9.17, 15) is 14.4 Å². The first-order chi connectivity index (χ1) is 13.1. The Morgan fingerprint density at radius 2 is 1.67 bits per heavy atom. The molecule has 7 heteroatoms. The van der Waals surface area contributed by atoms with E-state index in [4.69, 9.17) is 5.26 Å². The van der Waals surface area contributed by atoms with Gasteiger partial charge < -0.3 is 15.1 Å². The molecule has 1 aliphatic rings. The molecule has 27 heavy (non-hydrogen) atoms. The van der Waals surface area contributed by atoms with Crippen molar-refractivity contribution in [3.8, 4) is 6.07 Å². The Hall–Kier alpha value is -3.66. The minimum Gasteiger partial charge on any atom is -0.342 e. The third kappa shape index (κ3) is 4.30. The van der Waals surface area contributed by atoms with E-state index in [0.29, 0.717) is 48.6 Å². The summed E-state index contributed by atoms with van der Waals surface area (Å²) in [5, 5.41) is 11.6. The number of nitrogens with one attached hydrogen (secondary N) is 1. The molecule has 1 aliphatic heterocycles. The summed E-state index contributed by atoms with van der Waals surface area (Å²) < 4.78 is 0. The van der Waals surface area contributed by atoms with Gasteiger partial charge in [0.15, 0.2) is 0 Å². The summed E-state index contributed by atoms with van der Waals surface area (Å²) >= 11 is 0. The molecule has 3 amide bonds. The smallest absolute Gasteiger partial charge is 0.255 e. The number of amides is 3. The van der Waals surface area contributed by atoms with Gasteiger partial charge in [0, 0.05) is 43.0 Å². The lowest BCUT2D eigenvalue weighted by molar-refractivity contribution is -0.119. The van der Waals surface area contributed by atoms with Crippen LogP contribution in [0.2, 0.25) is 0 Å². The summed E-state index contributed by atoms with van der Waals surface area (Å²) in [5.74, 6) is -0.432. The fourth-order valence-electron chi connectivity index (χ4n) is 2.85. The summed E-state index contributed by atoms with van der Waals surface area (Å²) in [6.07, 6.45) is 0.793. The number of carbonyl (C=O) groups is 3. The molecule has 2 aromatic rings. The van der Waals surface area contributed by atoms with E-state index in [0.717, 1.165) is 6.41 Å². The predicted octanol–water partition coefficient (Wildman–Crippen LogP) is 1.72. The molecule has 0 aliphatic carbocycles. The topological polar surface area (TPSA) is 93.5 Å². The van der Waals surface area contributed by atoms with Crippen LogP contribution in [0.5, 0.6) is 0 Å². The summed E-state index contributed by atoms with van der Waals surface area (Å²) in [5.41, 5.74) is 1.91. The van der Waals surface area contributed by atoms with Gasteiger partial charge in [-0.1, -0.05) is 6.07 Å². The molecule has 0 atom stereocenters. The lowest BCUT2D eigenvalue weighted by Gasteiger charge is -2.32. The molecule has 7 nitrogen and oxygen atoms in total. The number of benzene rings is 2. The molecule has 1 heterocycles. The fraction of sp³-hybridized carbons (Fsp3) is 0.200. The minimum absolute atomic E-state index is 0.116. The molecular weight excluding hydrogens is 344 g/mol. The molecule has 2 aromatic carbocycles. The monoisotopic (exact) mass is 362 g/mol. The molecule has 0 bridgehead atoms. The molecule has 0 saturated carbocycles. The predicted molar refractivity (Wildman–Crippen MR) is 99.1 cm³/mol. The highest BCUT2D eigenvalue weighted by atomic mass is 16.2. The van der Waals surface area contributed by atoms with Crippen molar-refractivity contribution in [2.75, 3.05) is 31.5 Å². The summed E-state index contributed by atoms with van der Waals surface area (Å²) in [7, 11) is 0. The van der Waals surface area contributed by atoms with Gasteiger partial charge in [0.2, 0.25) is 6.41 Å². The largest absolute Gasteiger partial charge is 0.342 e. The number of rotatable bonds is 4. The van der Waals surface area contributed by atoms with Crippen molar-refractivity contribution in [1.29, 1.82) is 5.26 Å². The van der Waals surface area contributed by atoms with Crippen LogP contribution in [0.25, 0.3) is 0 Å². The molecule has 1 saturated heterocycles. The highest BCUT2D eigenvalue weighted by Crippen LogP contribution is 2.14. The first-order valence-corrected chi connectivity index (χ1v) is 8.51. The van der Waals surface area contributed by atoms with Crippen LogP contribution in [0.1, 0.15) is 26.3 Å². The van der Waals surface area contributed by atoms with Crippen LogP contribution in [0.3, 0.4) is 0 Å². The Labute approximate surface area is 156 Å². The van der Waals surface area contributed by atoms with E-state index in [1.165, 1.54) is 0 Å². The minimum atomic E-state index is -0.316. The molecule has 3 rings (SSSR count). The number of carbonyl (C=O) groups excluding carboxylic acids is 3. The van der Waals surface area contributed by atoms with Gasteiger partial charge in [-0.2, -0.15) is 5.26 Å². The first-order valence-electron chi connectivity index (χ1n) is 8.51. The van der Waals surface area contributed by atoms with Gasteiger partial charge in [-0.15, -0.1) is 0 Å². The lowest BCUT2D eigenvalue weighted by atomic mass is 10.1. The van der Waals surface area contributed by atoms with Crippen molar-refractivity contribution in [2.45, 2.75) is 0 Å². The van der Waals surface area contributed by atoms with Crippen molar-refractivity contribution in [3.63, 3.8) is 0 Å². The highest BCUT2D eigenvalue weighted by Gasteiger charge is 2.21. The number of hydrogen-bond acceptors (Lipinski definition) is 4. The van der Waals surface area contributed by atoms with Crippen LogP contribution < -0.4 is 5.32 Å². The van der Waals surface area contributed by atoms with Gasteiger partial charge in [0.25, 0.3) is 11.8 Å². The Morgan fingerprint density at radius 1 is 1.00 bits per heavy atom. The number of nitriles is 1. The summed E-state index contributed by atoms with van der Waals surface area (Å²) in [6, 6.07) is 15.1. The SMILES string of the molecule is N#Cc1cccc(NC(=O)c2ccc(C(=O)N3CCN(C=O)CC3)cc2)c1. The van der Waals surface area contributed by atoms with Crippen LogP contribution in [0, 0.1) is 11.3 Å². The van der Waals surface area contributed by atoms with Crippen molar-refractivity contribution >= 4 is 23.9 Å². The quantitative estimate of drug-likeness (QED) is 0.838. The lowest BCUT2D eigenvalue weighted by Crippen LogP contribution is -2.48.